The van der Waals surface area contributed by atoms with Crippen LogP contribution in [0.25, 0.3) is 0 Å². The maximum absolute atomic E-state index is 12.1. The van der Waals surface area contributed by atoms with Crippen molar-refractivity contribution >= 4 is 17.7 Å². The van der Waals surface area contributed by atoms with Crippen molar-refractivity contribution in [1.82, 2.24) is 20.3 Å². The van der Waals surface area contributed by atoms with E-state index in [2.05, 4.69) is 30.6 Å². The first kappa shape index (κ1) is 20.9. The van der Waals surface area contributed by atoms with Crippen LogP contribution in [0.15, 0.2) is 41.8 Å². The first-order valence-electron chi connectivity index (χ1n) is 8.11. The van der Waals surface area contributed by atoms with Gasteiger partial charge in [0.1, 0.15) is 12.4 Å². The van der Waals surface area contributed by atoms with Crippen LogP contribution in [-0.2, 0) is 0 Å². The molecule has 0 aliphatic heterocycles. The van der Waals surface area contributed by atoms with Gasteiger partial charge >= 0.3 is 12.2 Å². The molecule has 9 nitrogen and oxygen atoms in total. The summed E-state index contributed by atoms with van der Waals surface area (Å²) in [5.74, 6) is -0.539. The molecule has 0 radical (unpaired) electrons. The average molecular weight is 397 g/mol. The summed E-state index contributed by atoms with van der Waals surface area (Å²) in [4.78, 5) is 26.7. The summed E-state index contributed by atoms with van der Waals surface area (Å²) in [6, 6.07) is 4.72. The van der Waals surface area contributed by atoms with Crippen LogP contribution in [0.1, 0.15) is 16.8 Å². The molecule has 0 aliphatic carbocycles. The van der Waals surface area contributed by atoms with Gasteiger partial charge in [-0.15, -0.1) is 0 Å². The van der Waals surface area contributed by atoms with Crippen LogP contribution in [0.4, 0.5) is 19.0 Å². The van der Waals surface area contributed by atoms with Gasteiger partial charge in [-0.1, -0.05) is 0 Å². The number of ether oxygens (including phenoxy) is 1. The lowest BCUT2D eigenvalue weighted by atomic mass is 10.2. The van der Waals surface area contributed by atoms with Crippen LogP contribution in [0.2, 0.25) is 0 Å². The van der Waals surface area contributed by atoms with Crippen molar-refractivity contribution < 1.29 is 22.7 Å². The summed E-state index contributed by atoms with van der Waals surface area (Å²) in [6.07, 6.45) is 0.429. The lowest BCUT2D eigenvalue weighted by Gasteiger charge is -2.08. The predicted molar refractivity (Wildman–Crippen MR) is 94.9 cm³/mol. The Bertz CT molecular complexity index is 800. The molecule has 0 bridgehead atoms. The van der Waals surface area contributed by atoms with E-state index in [9.17, 15) is 18.0 Å². The Morgan fingerprint density at radius 1 is 1.29 bits per heavy atom. The van der Waals surface area contributed by atoms with Crippen LogP contribution in [0, 0.1) is 0 Å². The third-order valence-electron chi connectivity index (χ3n) is 3.08. The number of nitrogens with zero attached hydrogens (tertiary/aromatic N) is 4. The predicted octanol–water partition coefficient (Wildman–Crippen LogP) is 1.36. The van der Waals surface area contributed by atoms with Gasteiger partial charge in [0.15, 0.2) is 5.96 Å². The number of rotatable bonds is 8. The second-order valence-electron chi connectivity index (χ2n) is 5.37. The van der Waals surface area contributed by atoms with E-state index in [-0.39, 0.29) is 24.3 Å². The molecule has 4 N–H and O–H groups in total. The fourth-order valence-corrected chi connectivity index (χ4v) is 1.86. The molecule has 2 rings (SSSR count). The van der Waals surface area contributed by atoms with E-state index < -0.39 is 18.7 Å². The van der Waals surface area contributed by atoms with Gasteiger partial charge in [-0.25, -0.2) is 9.98 Å². The maximum atomic E-state index is 12.1. The maximum Gasteiger partial charge on any atom is 0.408 e. The van der Waals surface area contributed by atoms with E-state index in [1.807, 2.05) is 0 Å². The van der Waals surface area contributed by atoms with Crippen molar-refractivity contribution in [2.45, 2.75) is 12.6 Å². The molecule has 0 unspecified atom stereocenters. The summed E-state index contributed by atoms with van der Waals surface area (Å²) < 4.78 is 41.6. The van der Waals surface area contributed by atoms with Gasteiger partial charge in [-0.3, -0.25) is 9.78 Å². The molecule has 0 saturated heterocycles. The topological polar surface area (TPSA) is 127 Å². The summed E-state index contributed by atoms with van der Waals surface area (Å²) in [5.41, 5.74) is 5.83. The van der Waals surface area contributed by atoms with Crippen molar-refractivity contribution in [2.24, 2.45) is 10.7 Å². The zero-order valence-corrected chi connectivity index (χ0v) is 14.6. The van der Waals surface area contributed by atoms with Crippen molar-refractivity contribution in [3.05, 3.63) is 42.4 Å². The van der Waals surface area contributed by atoms with E-state index in [0.717, 1.165) is 0 Å². The van der Waals surface area contributed by atoms with Gasteiger partial charge < -0.3 is 21.1 Å². The highest BCUT2D eigenvalue weighted by molar-refractivity contribution is 5.93. The Labute approximate surface area is 158 Å². The minimum atomic E-state index is -4.45. The third-order valence-corrected chi connectivity index (χ3v) is 3.08. The number of alkyl halides is 3. The zero-order valence-electron chi connectivity index (χ0n) is 14.6. The minimum absolute atomic E-state index is 0.00667. The normalized spacial score (nSPS) is 11.8. The SMILES string of the molecule is NC(=NCC(F)(F)F)Nc1ccnc(OCCCNC(=O)c2cccnc2)n1. The summed E-state index contributed by atoms with van der Waals surface area (Å²) in [5, 5.41) is 5.14. The Morgan fingerprint density at radius 3 is 2.82 bits per heavy atom. The van der Waals surface area contributed by atoms with Gasteiger partial charge in [-0.2, -0.15) is 18.2 Å². The lowest BCUT2D eigenvalue weighted by Crippen LogP contribution is -2.26. The molecular weight excluding hydrogens is 379 g/mol. The highest BCUT2D eigenvalue weighted by Crippen LogP contribution is 2.14. The second-order valence-corrected chi connectivity index (χ2v) is 5.37. The van der Waals surface area contributed by atoms with Gasteiger partial charge in [0.25, 0.3) is 5.91 Å². The van der Waals surface area contributed by atoms with Crippen LogP contribution in [0.3, 0.4) is 0 Å². The van der Waals surface area contributed by atoms with E-state index in [4.69, 9.17) is 10.5 Å². The molecule has 0 saturated carbocycles. The van der Waals surface area contributed by atoms with E-state index in [1.54, 1.807) is 18.3 Å². The van der Waals surface area contributed by atoms with Crippen LogP contribution in [0.5, 0.6) is 6.01 Å². The standard InChI is InChI=1S/C16H18F3N7O2/c17-16(18,19)10-24-14(20)25-12-4-7-23-15(26-12)28-8-2-6-22-13(27)11-3-1-5-21-9-11/h1,3-5,7,9H,2,6,8,10H2,(H,22,27)(H3,20,23,24,25,26). The number of carbonyl (C=O) groups excluding carboxylic acids is 1. The summed E-state index contributed by atoms with van der Waals surface area (Å²) in [7, 11) is 0. The van der Waals surface area contributed by atoms with Crippen LogP contribution < -0.4 is 21.1 Å². The Balaban J connectivity index is 1.73. The average Bonchev–Trinajstić information content (AvgIpc) is 2.66. The minimum Gasteiger partial charge on any atom is -0.463 e. The molecule has 2 aromatic heterocycles. The lowest BCUT2D eigenvalue weighted by molar-refractivity contribution is -0.118. The van der Waals surface area contributed by atoms with Gasteiger partial charge in [-0.05, 0) is 24.6 Å². The molecule has 0 aromatic carbocycles. The molecule has 12 heteroatoms. The number of nitrogens with two attached hydrogens (primary N) is 1. The number of amides is 1. The molecular formula is C16H18F3N7O2. The molecule has 0 aliphatic rings. The van der Waals surface area contributed by atoms with E-state index in [1.165, 1.54) is 18.5 Å². The number of guanidine groups is 1. The molecule has 150 valence electrons. The molecule has 1 amide bonds. The van der Waals surface area contributed by atoms with E-state index >= 15 is 0 Å². The Kier molecular flexibility index (Phi) is 7.48. The quantitative estimate of drug-likeness (QED) is 0.349. The van der Waals surface area contributed by atoms with Crippen molar-refractivity contribution in [3.8, 4) is 6.01 Å². The summed E-state index contributed by atoms with van der Waals surface area (Å²) >= 11 is 0. The Morgan fingerprint density at radius 2 is 2.11 bits per heavy atom. The molecule has 0 atom stereocenters. The van der Waals surface area contributed by atoms with E-state index in [0.29, 0.717) is 18.5 Å². The third kappa shape index (κ3) is 7.85. The van der Waals surface area contributed by atoms with Gasteiger partial charge in [0.05, 0.1) is 12.2 Å². The Hall–Kier alpha value is -3.44. The van der Waals surface area contributed by atoms with Gasteiger partial charge in [0.2, 0.25) is 0 Å². The molecule has 28 heavy (non-hydrogen) atoms. The number of aliphatic imine (C=N–C) groups is 1. The number of anilines is 1. The monoisotopic (exact) mass is 397 g/mol. The van der Waals surface area contributed by atoms with Crippen LogP contribution in [-0.4, -0.2) is 52.7 Å². The van der Waals surface area contributed by atoms with Crippen molar-refractivity contribution in [3.63, 3.8) is 0 Å². The number of hydrogen-bond acceptors (Lipinski definition) is 6. The molecule has 0 spiro atoms. The molecule has 2 aromatic rings. The van der Waals surface area contributed by atoms with Crippen molar-refractivity contribution in [1.29, 1.82) is 0 Å². The first-order valence-corrected chi connectivity index (χ1v) is 8.11. The van der Waals surface area contributed by atoms with Gasteiger partial charge in [0, 0.05) is 25.1 Å². The number of carbonyl (C=O) groups is 1. The summed E-state index contributed by atoms with van der Waals surface area (Å²) in [6.45, 7) is -0.817. The largest absolute Gasteiger partial charge is 0.463 e. The highest BCUT2D eigenvalue weighted by Gasteiger charge is 2.26. The molecule has 0 fully saturated rings. The smallest absolute Gasteiger partial charge is 0.408 e. The highest BCUT2D eigenvalue weighted by atomic mass is 19.4. The van der Waals surface area contributed by atoms with Crippen LogP contribution >= 0.6 is 0 Å². The number of pyridine rings is 1. The molecule has 2 heterocycles. The first-order chi connectivity index (χ1) is 13.3. The number of hydrogen-bond donors (Lipinski definition) is 3. The number of aromatic nitrogens is 3. The number of halogens is 3. The number of nitrogens with one attached hydrogen (secondary N) is 2. The zero-order chi connectivity index (χ0) is 20.4. The van der Waals surface area contributed by atoms with Crippen molar-refractivity contribution in [2.75, 3.05) is 25.0 Å². The second kappa shape index (κ2) is 10.0. The fourth-order valence-electron chi connectivity index (χ4n) is 1.86. The fraction of sp³-hybridized carbons (Fsp3) is 0.312.